The molecule has 0 bridgehead atoms. The van der Waals surface area contributed by atoms with Gasteiger partial charge in [0.25, 0.3) is 0 Å². The molecule has 0 atom stereocenters. The molecule has 0 saturated heterocycles. The molecule has 6 heteroatoms. The van der Waals surface area contributed by atoms with Crippen molar-refractivity contribution in [2.24, 2.45) is 0 Å². The first-order valence-electron chi connectivity index (χ1n) is 10.0. The van der Waals surface area contributed by atoms with E-state index in [0.29, 0.717) is 18.8 Å². The molecule has 0 fully saturated rings. The van der Waals surface area contributed by atoms with Crippen LogP contribution >= 0.6 is 0 Å². The number of hydrogen-bond acceptors (Lipinski definition) is 4. The normalized spacial score (nSPS) is 10.7. The van der Waals surface area contributed by atoms with E-state index in [-0.39, 0.29) is 5.91 Å². The van der Waals surface area contributed by atoms with E-state index in [1.165, 1.54) is 0 Å². The number of nitrogens with one attached hydrogen (secondary N) is 1. The fraction of sp³-hybridized carbons (Fsp3) is 0.167. The molecular formula is C24H23N5O. The van der Waals surface area contributed by atoms with Crippen molar-refractivity contribution in [3.8, 4) is 22.5 Å². The minimum absolute atomic E-state index is 0.134. The van der Waals surface area contributed by atoms with Crippen LogP contribution in [-0.2, 0) is 11.3 Å². The zero-order valence-corrected chi connectivity index (χ0v) is 16.8. The van der Waals surface area contributed by atoms with Gasteiger partial charge in [0.2, 0.25) is 11.7 Å². The maximum Gasteiger partial charge on any atom is 0.227 e. The van der Waals surface area contributed by atoms with E-state index in [9.17, 15) is 4.79 Å². The largest absolute Gasteiger partial charge is 0.308 e. The van der Waals surface area contributed by atoms with E-state index in [2.05, 4.69) is 44.9 Å². The van der Waals surface area contributed by atoms with Gasteiger partial charge in [-0.05, 0) is 40.5 Å². The smallest absolute Gasteiger partial charge is 0.227 e. The van der Waals surface area contributed by atoms with Crippen LogP contribution in [0.2, 0.25) is 0 Å². The van der Waals surface area contributed by atoms with E-state index in [1.807, 2.05) is 66.4 Å². The highest BCUT2D eigenvalue weighted by atomic mass is 16.2. The molecule has 0 aliphatic carbocycles. The van der Waals surface area contributed by atoms with Crippen LogP contribution in [0, 0.1) is 0 Å². The molecule has 6 nitrogen and oxygen atoms in total. The molecule has 0 unspecified atom stereocenters. The number of carbonyl (C=O) groups is 1. The Balaban J connectivity index is 1.60. The van der Waals surface area contributed by atoms with Crippen LogP contribution in [0.3, 0.4) is 0 Å². The first-order valence-corrected chi connectivity index (χ1v) is 10.0. The molecule has 150 valence electrons. The second kappa shape index (κ2) is 9.13. The Morgan fingerprint density at radius 2 is 1.60 bits per heavy atom. The highest BCUT2D eigenvalue weighted by Crippen LogP contribution is 2.30. The minimum Gasteiger partial charge on any atom is -0.308 e. The Bertz CT molecular complexity index is 1090. The predicted octanol–water partition coefficient (Wildman–Crippen LogP) is 4.87. The monoisotopic (exact) mass is 397 g/mol. The summed E-state index contributed by atoms with van der Waals surface area (Å²) in [5.74, 6) is 0.699. The van der Waals surface area contributed by atoms with Gasteiger partial charge in [-0.15, -0.1) is 10.2 Å². The van der Waals surface area contributed by atoms with Crippen molar-refractivity contribution in [1.29, 1.82) is 0 Å². The zero-order chi connectivity index (χ0) is 20.8. The van der Waals surface area contributed by atoms with Gasteiger partial charge in [0.05, 0.1) is 6.54 Å². The lowest BCUT2D eigenvalue weighted by molar-refractivity contribution is -0.118. The number of rotatable bonds is 7. The van der Waals surface area contributed by atoms with Gasteiger partial charge >= 0.3 is 0 Å². The van der Waals surface area contributed by atoms with Gasteiger partial charge in [-0.3, -0.25) is 4.79 Å². The van der Waals surface area contributed by atoms with E-state index >= 15 is 0 Å². The lowest BCUT2D eigenvalue weighted by Gasteiger charge is -2.23. The summed E-state index contributed by atoms with van der Waals surface area (Å²) in [6.07, 6.45) is 1.36. The van der Waals surface area contributed by atoms with E-state index in [0.717, 1.165) is 34.4 Å². The van der Waals surface area contributed by atoms with Crippen LogP contribution in [0.1, 0.15) is 25.3 Å². The third-order valence-corrected chi connectivity index (χ3v) is 4.95. The SMILES string of the molecule is CCCC(=O)N(Cc1ccc(-c2ccccc2-c2nn[nH]n2)cc1)c1ccccc1. The Labute approximate surface area is 175 Å². The van der Waals surface area contributed by atoms with Crippen molar-refractivity contribution in [1.82, 2.24) is 20.6 Å². The predicted molar refractivity (Wildman–Crippen MR) is 118 cm³/mol. The summed E-state index contributed by atoms with van der Waals surface area (Å²) >= 11 is 0. The van der Waals surface area contributed by atoms with Crippen LogP contribution in [0.4, 0.5) is 5.69 Å². The molecule has 0 aliphatic heterocycles. The lowest BCUT2D eigenvalue weighted by Crippen LogP contribution is -2.29. The lowest BCUT2D eigenvalue weighted by atomic mass is 9.98. The number of aromatic amines is 1. The molecule has 1 N–H and O–H groups in total. The van der Waals surface area contributed by atoms with Crippen molar-refractivity contribution >= 4 is 11.6 Å². The van der Waals surface area contributed by atoms with Gasteiger partial charge < -0.3 is 4.90 Å². The van der Waals surface area contributed by atoms with Crippen molar-refractivity contribution in [3.63, 3.8) is 0 Å². The molecule has 1 amide bonds. The third-order valence-electron chi connectivity index (χ3n) is 4.95. The first kappa shape index (κ1) is 19.5. The number of carbonyl (C=O) groups excluding carboxylic acids is 1. The highest BCUT2D eigenvalue weighted by Gasteiger charge is 2.16. The summed E-state index contributed by atoms with van der Waals surface area (Å²) in [7, 11) is 0. The number of para-hydroxylation sites is 1. The summed E-state index contributed by atoms with van der Waals surface area (Å²) in [5.41, 5.74) is 5.01. The number of nitrogens with zero attached hydrogens (tertiary/aromatic N) is 4. The molecule has 1 heterocycles. The number of aromatic nitrogens is 4. The summed E-state index contributed by atoms with van der Waals surface area (Å²) in [4.78, 5) is 14.6. The van der Waals surface area contributed by atoms with Crippen LogP contribution < -0.4 is 4.90 Å². The molecule has 0 radical (unpaired) electrons. The Hall–Kier alpha value is -3.80. The molecule has 4 aromatic rings. The van der Waals surface area contributed by atoms with Crippen LogP contribution in [0.5, 0.6) is 0 Å². The molecule has 30 heavy (non-hydrogen) atoms. The molecule has 1 aromatic heterocycles. The standard InChI is InChI=1S/C24H23N5O/c1-2-8-23(30)29(20-9-4-3-5-10-20)17-18-13-15-19(16-14-18)21-11-6-7-12-22(21)24-25-27-28-26-24/h3-7,9-16H,2,8,17H2,1H3,(H,25,26,27,28). The van der Waals surface area contributed by atoms with Gasteiger partial charge in [0.15, 0.2) is 0 Å². The second-order valence-corrected chi connectivity index (χ2v) is 7.04. The summed E-state index contributed by atoms with van der Waals surface area (Å²) in [5, 5.41) is 14.4. The van der Waals surface area contributed by atoms with E-state index < -0.39 is 0 Å². The number of amides is 1. The van der Waals surface area contributed by atoms with Crippen molar-refractivity contribution < 1.29 is 4.79 Å². The number of hydrogen-bond donors (Lipinski definition) is 1. The highest BCUT2D eigenvalue weighted by molar-refractivity contribution is 5.93. The van der Waals surface area contributed by atoms with Crippen molar-refractivity contribution in [2.75, 3.05) is 4.90 Å². The van der Waals surface area contributed by atoms with Crippen molar-refractivity contribution in [3.05, 3.63) is 84.4 Å². The van der Waals surface area contributed by atoms with Gasteiger partial charge in [0, 0.05) is 17.7 Å². The fourth-order valence-corrected chi connectivity index (χ4v) is 3.46. The maximum atomic E-state index is 12.7. The fourth-order valence-electron chi connectivity index (χ4n) is 3.46. The summed E-state index contributed by atoms with van der Waals surface area (Å²) in [6.45, 7) is 2.56. The van der Waals surface area contributed by atoms with Crippen LogP contribution in [0.25, 0.3) is 22.5 Å². The zero-order valence-electron chi connectivity index (χ0n) is 16.8. The number of H-pyrrole nitrogens is 1. The van der Waals surface area contributed by atoms with Crippen molar-refractivity contribution in [2.45, 2.75) is 26.3 Å². The summed E-state index contributed by atoms with van der Waals surface area (Å²) in [6, 6.07) is 26.1. The molecule has 0 spiro atoms. The van der Waals surface area contributed by atoms with Gasteiger partial charge in [0.1, 0.15) is 0 Å². The molecular weight excluding hydrogens is 374 g/mol. The maximum absolute atomic E-state index is 12.7. The Kier molecular flexibility index (Phi) is 5.94. The minimum atomic E-state index is 0.134. The number of benzene rings is 3. The van der Waals surface area contributed by atoms with Gasteiger partial charge in [-0.1, -0.05) is 73.7 Å². The quantitative estimate of drug-likeness (QED) is 0.483. The number of tetrazole rings is 1. The number of anilines is 1. The topological polar surface area (TPSA) is 74.8 Å². The Morgan fingerprint density at radius 1 is 0.900 bits per heavy atom. The Morgan fingerprint density at radius 3 is 2.27 bits per heavy atom. The van der Waals surface area contributed by atoms with E-state index in [4.69, 9.17) is 0 Å². The molecule has 0 saturated carbocycles. The average Bonchev–Trinajstić information content (AvgIpc) is 3.33. The molecule has 4 rings (SSSR count). The molecule has 3 aromatic carbocycles. The van der Waals surface area contributed by atoms with E-state index in [1.54, 1.807) is 0 Å². The van der Waals surface area contributed by atoms with Crippen LogP contribution in [-0.4, -0.2) is 26.5 Å². The molecule has 0 aliphatic rings. The van der Waals surface area contributed by atoms with Gasteiger partial charge in [-0.2, -0.15) is 5.21 Å². The second-order valence-electron chi connectivity index (χ2n) is 7.04. The third kappa shape index (κ3) is 4.27. The summed E-state index contributed by atoms with van der Waals surface area (Å²) < 4.78 is 0. The average molecular weight is 397 g/mol. The first-order chi connectivity index (χ1) is 14.8. The van der Waals surface area contributed by atoms with Crippen LogP contribution in [0.15, 0.2) is 78.9 Å². The van der Waals surface area contributed by atoms with Gasteiger partial charge in [-0.25, -0.2) is 0 Å².